The lowest BCUT2D eigenvalue weighted by Gasteiger charge is -2.45. The number of aliphatic carboxylic acids is 1. The van der Waals surface area contributed by atoms with Crippen LogP contribution in [0.15, 0.2) is 48.5 Å². The lowest BCUT2D eigenvalue weighted by Crippen LogP contribution is -2.68. The number of fused-ring (bicyclic) bond motifs is 3. The molecule has 2 aromatic rings. The molecule has 2 heterocycles. The van der Waals surface area contributed by atoms with Crippen molar-refractivity contribution in [2.45, 2.75) is 36.3 Å². The molecule has 0 aromatic heterocycles. The van der Waals surface area contributed by atoms with E-state index in [4.69, 9.17) is 9.84 Å². The number of amides is 2. The van der Waals surface area contributed by atoms with E-state index in [2.05, 4.69) is 29.6 Å². The van der Waals surface area contributed by atoms with Crippen molar-refractivity contribution < 1.29 is 29.3 Å². The highest BCUT2D eigenvalue weighted by Crippen LogP contribution is 2.44. The topological polar surface area (TPSA) is 116 Å². The quantitative estimate of drug-likeness (QED) is 0.563. The maximum Gasteiger partial charge on any atom is 0.407 e. The number of likely N-dealkylation sites (tertiary alicyclic amines) is 1. The fourth-order valence-corrected chi connectivity index (χ4v) is 6.53. The van der Waals surface area contributed by atoms with Gasteiger partial charge in [-0.05, 0) is 46.6 Å². The number of benzene rings is 2. The number of hydrogen-bond acceptors (Lipinski definition) is 6. The molecule has 0 bridgehead atoms. The van der Waals surface area contributed by atoms with Gasteiger partial charge in [0.1, 0.15) is 6.61 Å². The molecule has 184 valence electrons. The normalized spacial score (nSPS) is 19.7. The van der Waals surface area contributed by atoms with Crippen LogP contribution in [0.3, 0.4) is 0 Å². The van der Waals surface area contributed by atoms with E-state index < -0.39 is 23.2 Å². The summed E-state index contributed by atoms with van der Waals surface area (Å²) < 4.78 is 5.71. The Morgan fingerprint density at radius 2 is 1.57 bits per heavy atom. The molecule has 3 N–H and O–H groups in total. The van der Waals surface area contributed by atoms with E-state index in [0.717, 1.165) is 33.8 Å². The third-order valence-corrected chi connectivity index (χ3v) is 8.29. The van der Waals surface area contributed by atoms with E-state index in [9.17, 15) is 19.5 Å². The maximum atomic E-state index is 12.9. The summed E-state index contributed by atoms with van der Waals surface area (Å²) in [5, 5.41) is 22.0. The first-order chi connectivity index (χ1) is 16.8. The standard InChI is InChI=1S/C26H28N2O6S/c29-22(28-15-26(33,16-28)23(30)31)13-25(9-11-35-12-10-25)27-24(32)34-14-21-19-7-3-1-5-17(19)18-6-2-4-8-20(18)21/h1-8,21,33H,9-16H2,(H,27,32)(H,30,31). The second-order valence-corrected chi connectivity index (χ2v) is 10.8. The molecule has 2 saturated heterocycles. The van der Waals surface area contributed by atoms with Crippen molar-refractivity contribution in [1.29, 1.82) is 0 Å². The number of alkyl carbamates (subject to hydrolysis) is 1. The van der Waals surface area contributed by atoms with Crippen LogP contribution >= 0.6 is 11.8 Å². The van der Waals surface area contributed by atoms with E-state index in [1.165, 1.54) is 4.90 Å². The molecule has 2 aliphatic heterocycles. The summed E-state index contributed by atoms with van der Waals surface area (Å²) in [6, 6.07) is 16.3. The Hall–Kier alpha value is -3.04. The number of nitrogens with one attached hydrogen (secondary N) is 1. The van der Waals surface area contributed by atoms with Gasteiger partial charge in [0.2, 0.25) is 5.91 Å². The van der Waals surface area contributed by atoms with Crippen molar-refractivity contribution in [3.8, 4) is 11.1 Å². The first-order valence-electron chi connectivity index (χ1n) is 11.7. The molecular weight excluding hydrogens is 468 g/mol. The van der Waals surface area contributed by atoms with Crippen molar-refractivity contribution in [2.75, 3.05) is 31.2 Å². The number of β-amino-alcohol motifs (C(OH)–C–C–N with tert-alkyl or cyclic N) is 1. The molecule has 2 amide bonds. The van der Waals surface area contributed by atoms with Gasteiger partial charge in [-0.1, -0.05) is 48.5 Å². The molecular formula is C26H28N2O6S. The van der Waals surface area contributed by atoms with Gasteiger partial charge in [-0.15, -0.1) is 0 Å². The number of hydrogen-bond donors (Lipinski definition) is 3. The molecule has 0 spiro atoms. The van der Waals surface area contributed by atoms with Gasteiger partial charge in [0, 0.05) is 5.92 Å². The number of aliphatic hydroxyl groups is 1. The summed E-state index contributed by atoms with van der Waals surface area (Å²) in [6.45, 7) is -0.287. The zero-order chi connectivity index (χ0) is 24.6. The molecule has 8 nitrogen and oxygen atoms in total. The first-order valence-corrected chi connectivity index (χ1v) is 12.9. The number of rotatable bonds is 6. The first kappa shape index (κ1) is 23.7. The number of carbonyl (C=O) groups is 3. The van der Waals surface area contributed by atoms with Crippen molar-refractivity contribution >= 4 is 29.7 Å². The zero-order valence-corrected chi connectivity index (χ0v) is 20.1. The predicted molar refractivity (Wildman–Crippen MR) is 131 cm³/mol. The fourth-order valence-electron chi connectivity index (χ4n) is 5.26. The highest BCUT2D eigenvalue weighted by molar-refractivity contribution is 7.99. The Bertz CT molecular complexity index is 1110. The highest BCUT2D eigenvalue weighted by Gasteiger charge is 2.51. The van der Waals surface area contributed by atoms with Gasteiger partial charge in [0.05, 0.1) is 25.0 Å². The van der Waals surface area contributed by atoms with Gasteiger partial charge < -0.3 is 25.2 Å². The minimum atomic E-state index is -1.88. The van der Waals surface area contributed by atoms with Crippen molar-refractivity contribution in [2.24, 2.45) is 0 Å². The number of carboxylic acid groups (broad SMARTS) is 1. The number of carbonyl (C=O) groups excluding carboxylic acids is 2. The van der Waals surface area contributed by atoms with Gasteiger partial charge in [0.25, 0.3) is 0 Å². The van der Waals surface area contributed by atoms with Gasteiger partial charge in [-0.25, -0.2) is 9.59 Å². The van der Waals surface area contributed by atoms with Crippen LogP contribution in [0.4, 0.5) is 4.79 Å². The van der Waals surface area contributed by atoms with Crippen LogP contribution in [0, 0.1) is 0 Å². The van der Waals surface area contributed by atoms with Crippen LogP contribution in [-0.2, 0) is 14.3 Å². The van der Waals surface area contributed by atoms with Gasteiger partial charge in [-0.3, -0.25) is 4.79 Å². The minimum absolute atomic E-state index is 0.0491. The number of ether oxygens (including phenoxy) is 1. The van der Waals surface area contributed by atoms with Gasteiger partial charge in [-0.2, -0.15) is 11.8 Å². The molecule has 2 fully saturated rings. The third-order valence-electron chi connectivity index (χ3n) is 7.31. The Labute approximate surface area is 207 Å². The van der Waals surface area contributed by atoms with E-state index in [-0.39, 0.29) is 37.9 Å². The highest BCUT2D eigenvalue weighted by atomic mass is 32.2. The molecule has 9 heteroatoms. The second kappa shape index (κ2) is 9.20. The molecule has 1 aliphatic carbocycles. The Kier molecular flexibility index (Phi) is 6.23. The van der Waals surface area contributed by atoms with E-state index in [1.807, 2.05) is 24.3 Å². The third kappa shape index (κ3) is 4.50. The summed E-state index contributed by atoms with van der Waals surface area (Å²) in [6.07, 6.45) is 0.722. The van der Waals surface area contributed by atoms with Gasteiger partial charge >= 0.3 is 12.1 Å². The van der Waals surface area contributed by atoms with Gasteiger partial charge in [0.15, 0.2) is 5.60 Å². The average Bonchev–Trinajstić information content (AvgIpc) is 3.14. The largest absolute Gasteiger partial charge is 0.479 e. The van der Waals surface area contributed by atoms with E-state index in [1.54, 1.807) is 11.8 Å². The molecule has 5 rings (SSSR count). The summed E-state index contributed by atoms with van der Waals surface area (Å²) in [5.74, 6) is -0.0577. The lowest BCUT2D eigenvalue weighted by atomic mass is 9.86. The molecule has 0 atom stereocenters. The summed E-state index contributed by atoms with van der Waals surface area (Å²) in [5.41, 5.74) is 1.93. The van der Waals surface area contributed by atoms with Crippen LogP contribution in [0.1, 0.15) is 36.3 Å². The Morgan fingerprint density at radius 1 is 1.00 bits per heavy atom. The van der Waals surface area contributed by atoms with Crippen LogP contribution in [0.2, 0.25) is 0 Å². The molecule has 2 aromatic carbocycles. The maximum absolute atomic E-state index is 12.9. The summed E-state index contributed by atoms with van der Waals surface area (Å²) in [7, 11) is 0. The number of nitrogens with zero attached hydrogens (tertiary/aromatic N) is 1. The number of carboxylic acids is 1. The van der Waals surface area contributed by atoms with Crippen LogP contribution < -0.4 is 5.32 Å². The van der Waals surface area contributed by atoms with Crippen molar-refractivity contribution in [3.63, 3.8) is 0 Å². The van der Waals surface area contributed by atoms with Crippen molar-refractivity contribution in [3.05, 3.63) is 59.7 Å². The molecule has 0 radical (unpaired) electrons. The molecule has 35 heavy (non-hydrogen) atoms. The van der Waals surface area contributed by atoms with Crippen LogP contribution in [-0.4, -0.2) is 75.4 Å². The van der Waals surface area contributed by atoms with E-state index in [0.29, 0.717) is 12.8 Å². The Morgan fingerprint density at radius 3 is 2.14 bits per heavy atom. The van der Waals surface area contributed by atoms with Crippen LogP contribution in [0.5, 0.6) is 0 Å². The number of thioether (sulfide) groups is 1. The average molecular weight is 497 g/mol. The smallest absolute Gasteiger partial charge is 0.407 e. The Balaban J connectivity index is 1.24. The monoisotopic (exact) mass is 496 g/mol. The molecule has 0 saturated carbocycles. The zero-order valence-electron chi connectivity index (χ0n) is 19.2. The minimum Gasteiger partial charge on any atom is -0.479 e. The van der Waals surface area contributed by atoms with Crippen molar-refractivity contribution in [1.82, 2.24) is 10.2 Å². The SMILES string of the molecule is O=C(NC1(CC(=O)N2CC(O)(C(=O)O)C2)CCSCC1)OCC1c2ccccc2-c2ccccc21. The van der Waals surface area contributed by atoms with Crippen LogP contribution in [0.25, 0.3) is 11.1 Å². The molecule has 0 unspecified atom stereocenters. The second-order valence-electron chi connectivity index (χ2n) is 9.61. The van der Waals surface area contributed by atoms with E-state index >= 15 is 0 Å². The summed E-state index contributed by atoms with van der Waals surface area (Å²) >= 11 is 1.77. The summed E-state index contributed by atoms with van der Waals surface area (Å²) in [4.78, 5) is 38.3. The predicted octanol–water partition coefficient (Wildman–Crippen LogP) is 2.84. The lowest BCUT2D eigenvalue weighted by molar-refractivity contribution is -0.182. The fraction of sp³-hybridized carbons (Fsp3) is 0.423. The molecule has 3 aliphatic rings.